The molecular formula is C41H74N10O14. The highest BCUT2D eigenvalue weighted by Gasteiger charge is 2.40. The smallest absolute Gasteiger partial charge is 0.326 e. The molecule has 0 aromatic heterocycles. The Kier molecular flexibility index (Phi) is 25.1. The summed E-state index contributed by atoms with van der Waals surface area (Å²) in [5.41, 5.74) is 11.3. The standard InChI is InChI=1S/C41H74N10O14/c1-19(2)16-26(34(57)48-28(18-52)36(59)45-25(41(64)65)12-9-10-14-42)47-39(62)32(24(8)55)49-33(56)21(5)44-38(61)31(23(7)54)50-35(58)27(17-20(3)4)46-37(60)29-13-11-15-51(29)40(63)30(43)22(6)53/h19-32,52-55H,9-18,42-43H2,1-8H3,(H,44,61)(H,45,59)(H,46,60)(H,47,62)(H,48,57)(H,49,56)(H,50,58)(H,64,65)/t21-,22+,23+,24+,25-,26-,27-,28-,29-,30-,31-,32-/m0/s1. The number of unbranched alkanes of at least 4 members (excludes halogenated alkanes) is 1. The molecule has 0 unspecified atom stereocenters. The summed E-state index contributed by atoms with van der Waals surface area (Å²) in [4.78, 5) is 119. The third-order valence-electron chi connectivity index (χ3n) is 10.6. The van der Waals surface area contributed by atoms with E-state index in [1.807, 2.05) is 0 Å². The fourth-order valence-corrected chi connectivity index (χ4v) is 6.84. The van der Waals surface area contributed by atoms with Crippen molar-refractivity contribution in [2.75, 3.05) is 19.7 Å². The van der Waals surface area contributed by atoms with Gasteiger partial charge in [0.05, 0.1) is 24.9 Å². The number of nitrogens with two attached hydrogens (primary N) is 2. The van der Waals surface area contributed by atoms with Crippen LogP contribution in [0.25, 0.3) is 0 Å². The highest BCUT2D eigenvalue weighted by molar-refractivity contribution is 5.98. The van der Waals surface area contributed by atoms with E-state index in [1.165, 1.54) is 32.6 Å². The number of carbonyl (C=O) groups excluding carboxylic acids is 8. The fourth-order valence-electron chi connectivity index (χ4n) is 6.84. The van der Waals surface area contributed by atoms with Crippen LogP contribution in [-0.2, 0) is 43.2 Å². The lowest BCUT2D eigenvalue weighted by Gasteiger charge is -2.30. The number of aliphatic hydroxyl groups is 4. The van der Waals surface area contributed by atoms with E-state index in [0.29, 0.717) is 25.8 Å². The Morgan fingerprint density at radius 2 is 1.06 bits per heavy atom. The maximum Gasteiger partial charge on any atom is 0.326 e. The molecule has 1 saturated heterocycles. The van der Waals surface area contributed by atoms with Crippen molar-refractivity contribution in [1.82, 2.24) is 42.1 Å². The van der Waals surface area contributed by atoms with Crippen LogP contribution in [0.15, 0.2) is 0 Å². The van der Waals surface area contributed by atoms with Crippen LogP contribution in [0, 0.1) is 11.8 Å². The Morgan fingerprint density at radius 1 is 0.600 bits per heavy atom. The van der Waals surface area contributed by atoms with E-state index in [0.717, 1.165) is 0 Å². The van der Waals surface area contributed by atoms with Crippen molar-refractivity contribution in [3.63, 3.8) is 0 Å². The fraction of sp³-hybridized carbons (Fsp3) is 0.780. The third-order valence-corrected chi connectivity index (χ3v) is 10.6. The van der Waals surface area contributed by atoms with Gasteiger partial charge in [0.1, 0.15) is 54.4 Å². The molecule has 1 rings (SSSR count). The molecule has 0 spiro atoms. The van der Waals surface area contributed by atoms with Crippen molar-refractivity contribution in [2.45, 2.75) is 173 Å². The van der Waals surface area contributed by atoms with Crippen LogP contribution in [-0.4, -0.2) is 176 Å². The average Bonchev–Trinajstić information content (AvgIpc) is 3.71. The molecule has 1 heterocycles. The zero-order chi connectivity index (χ0) is 49.9. The van der Waals surface area contributed by atoms with Crippen molar-refractivity contribution in [3.05, 3.63) is 0 Å². The van der Waals surface area contributed by atoms with Gasteiger partial charge in [-0.1, -0.05) is 27.7 Å². The first-order valence-electron chi connectivity index (χ1n) is 22.0. The van der Waals surface area contributed by atoms with Crippen molar-refractivity contribution in [3.8, 4) is 0 Å². The lowest BCUT2D eigenvalue weighted by atomic mass is 10.0. The number of hydrogen-bond acceptors (Lipinski definition) is 15. The summed E-state index contributed by atoms with van der Waals surface area (Å²) in [5, 5.41) is 67.0. The Balaban J connectivity index is 3.10. The Bertz CT molecular complexity index is 1630. The molecule has 65 heavy (non-hydrogen) atoms. The second-order valence-electron chi connectivity index (χ2n) is 17.4. The molecule has 0 bridgehead atoms. The number of hydrogen-bond donors (Lipinski definition) is 14. The highest BCUT2D eigenvalue weighted by Crippen LogP contribution is 2.20. The van der Waals surface area contributed by atoms with Gasteiger partial charge >= 0.3 is 5.97 Å². The lowest BCUT2D eigenvalue weighted by Crippen LogP contribution is -2.62. The molecule has 12 atom stereocenters. The van der Waals surface area contributed by atoms with Crippen molar-refractivity contribution >= 4 is 53.2 Å². The van der Waals surface area contributed by atoms with Crippen molar-refractivity contribution in [2.24, 2.45) is 23.3 Å². The number of carbonyl (C=O) groups is 9. The van der Waals surface area contributed by atoms with Crippen LogP contribution >= 0.6 is 0 Å². The average molecular weight is 931 g/mol. The van der Waals surface area contributed by atoms with Gasteiger partial charge < -0.3 is 79.1 Å². The normalized spacial score (nSPS) is 18.9. The predicted octanol–water partition coefficient (Wildman–Crippen LogP) is -4.84. The quantitative estimate of drug-likeness (QED) is 0.0327. The Labute approximate surface area is 379 Å². The monoisotopic (exact) mass is 931 g/mol. The Hall–Kier alpha value is -5.01. The number of amides is 8. The summed E-state index contributed by atoms with van der Waals surface area (Å²) in [5.74, 6) is -8.93. The molecule has 1 aliphatic heterocycles. The van der Waals surface area contributed by atoms with Crippen LogP contribution in [0.2, 0.25) is 0 Å². The summed E-state index contributed by atoms with van der Waals surface area (Å²) in [7, 11) is 0. The highest BCUT2D eigenvalue weighted by atomic mass is 16.4. The van der Waals surface area contributed by atoms with Crippen LogP contribution in [0.4, 0.5) is 0 Å². The first kappa shape index (κ1) is 58.0. The number of aliphatic carboxylic acids is 1. The lowest BCUT2D eigenvalue weighted by molar-refractivity contribution is -0.143. The van der Waals surface area contributed by atoms with E-state index >= 15 is 0 Å². The molecule has 1 fully saturated rings. The summed E-state index contributed by atoms with van der Waals surface area (Å²) in [6, 6.07) is -12.6. The van der Waals surface area contributed by atoms with Gasteiger partial charge in [-0.3, -0.25) is 38.4 Å². The number of carboxylic acids is 1. The number of nitrogens with one attached hydrogen (secondary N) is 7. The van der Waals surface area contributed by atoms with E-state index in [-0.39, 0.29) is 44.1 Å². The van der Waals surface area contributed by atoms with E-state index in [2.05, 4.69) is 37.2 Å². The maximum absolute atomic E-state index is 13.6. The van der Waals surface area contributed by atoms with E-state index in [9.17, 15) is 68.7 Å². The first-order valence-corrected chi connectivity index (χ1v) is 22.0. The molecule has 372 valence electrons. The number of carboxylic acid groups (broad SMARTS) is 1. The van der Waals surface area contributed by atoms with Crippen LogP contribution in [0.1, 0.15) is 100 Å². The van der Waals surface area contributed by atoms with Gasteiger partial charge in [0, 0.05) is 6.54 Å². The molecule has 0 aliphatic carbocycles. The second kappa shape index (κ2) is 28.1. The van der Waals surface area contributed by atoms with Crippen LogP contribution in [0.3, 0.4) is 0 Å². The van der Waals surface area contributed by atoms with Crippen molar-refractivity contribution in [1.29, 1.82) is 0 Å². The minimum Gasteiger partial charge on any atom is -0.480 e. The second-order valence-corrected chi connectivity index (χ2v) is 17.4. The SMILES string of the molecule is CC(C)C[C@H](NC(=O)[C@@H](NC(=O)[C@H](C)NC(=O)[C@@H](NC(=O)[C@H](CC(C)C)NC(=O)[C@@H]1CCCN1C(=O)[C@@H](N)[C@@H](C)O)[C@@H](C)O)[C@@H](C)O)C(=O)N[C@@H](CO)C(=O)N[C@@H](CCCCN)C(=O)O. The molecule has 24 nitrogen and oxygen atoms in total. The zero-order valence-corrected chi connectivity index (χ0v) is 38.7. The van der Waals surface area contributed by atoms with Gasteiger partial charge in [-0.2, -0.15) is 0 Å². The third kappa shape index (κ3) is 19.2. The molecule has 0 radical (unpaired) electrons. The number of nitrogens with zero attached hydrogens (tertiary/aromatic N) is 1. The van der Waals surface area contributed by atoms with Gasteiger partial charge in [0.25, 0.3) is 0 Å². The first-order chi connectivity index (χ1) is 30.3. The predicted molar refractivity (Wildman–Crippen MR) is 233 cm³/mol. The van der Waals surface area contributed by atoms with Gasteiger partial charge in [0.15, 0.2) is 0 Å². The molecule has 24 heteroatoms. The molecule has 0 saturated carbocycles. The molecular weight excluding hydrogens is 857 g/mol. The molecule has 0 aromatic carbocycles. The summed E-state index contributed by atoms with van der Waals surface area (Å²) >= 11 is 0. The topological polar surface area (TPSA) is 394 Å². The van der Waals surface area contributed by atoms with Crippen LogP contribution in [0.5, 0.6) is 0 Å². The minimum atomic E-state index is -1.72. The number of likely N-dealkylation sites (tertiary alicyclic amines) is 1. The number of rotatable bonds is 28. The summed E-state index contributed by atoms with van der Waals surface area (Å²) in [6.07, 6.45) is -2.56. The van der Waals surface area contributed by atoms with Crippen molar-refractivity contribution < 1.29 is 68.7 Å². The van der Waals surface area contributed by atoms with E-state index < -0.39 is 133 Å². The van der Waals surface area contributed by atoms with Gasteiger partial charge in [0.2, 0.25) is 47.3 Å². The largest absolute Gasteiger partial charge is 0.480 e. The summed E-state index contributed by atoms with van der Waals surface area (Å²) < 4.78 is 0. The summed E-state index contributed by atoms with van der Waals surface area (Å²) in [6.45, 7) is 11.5. The van der Waals surface area contributed by atoms with Gasteiger partial charge in [-0.25, -0.2) is 4.79 Å². The molecule has 1 aliphatic rings. The molecule has 8 amide bonds. The minimum absolute atomic E-state index is 0.0212. The van der Waals surface area contributed by atoms with E-state index in [4.69, 9.17) is 11.5 Å². The maximum atomic E-state index is 13.6. The molecule has 0 aromatic rings. The van der Waals surface area contributed by atoms with E-state index in [1.54, 1.807) is 27.7 Å². The Morgan fingerprint density at radius 3 is 1.54 bits per heavy atom. The zero-order valence-electron chi connectivity index (χ0n) is 38.7. The van der Waals surface area contributed by atoms with Crippen LogP contribution < -0.4 is 48.7 Å². The molecule has 16 N–H and O–H groups in total. The van der Waals surface area contributed by atoms with Gasteiger partial charge in [-0.05, 0) is 91.0 Å². The number of aliphatic hydroxyl groups excluding tert-OH is 4. The van der Waals surface area contributed by atoms with Gasteiger partial charge in [-0.15, -0.1) is 0 Å².